The minimum atomic E-state index is -4.84. The maximum atomic E-state index is 15.2. The topological polar surface area (TPSA) is 76.4 Å². The first kappa shape index (κ1) is 23.1. The van der Waals surface area contributed by atoms with E-state index in [0.29, 0.717) is 6.07 Å². The van der Waals surface area contributed by atoms with E-state index in [2.05, 4.69) is 5.32 Å². The van der Waals surface area contributed by atoms with Crippen LogP contribution in [-0.2, 0) is 11.0 Å². The van der Waals surface area contributed by atoms with Crippen LogP contribution in [0.2, 0.25) is 0 Å². The molecule has 1 aliphatic heterocycles. The maximum Gasteiger partial charge on any atom is 0.417 e. The summed E-state index contributed by atoms with van der Waals surface area (Å²) in [6.07, 6.45) is -4.84. The number of amides is 2. The lowest BCUT2D eigenvalue weighted by Gasteiger charge is -2.30. The Kier molecular flexibility index (Phi) is 5.69. The zero-order valence-corrected chi connectivity index (χ0v) is 17.9. The lowest BCUT2D eigenvalue weighted by Crippen LogP contribution is -2.45. The third kappa shape index (κ3) is 3.56. The Bertz CT molecular complexity index is 1190. The average molecular weight is 464 g/mol. The van der Waals surface area contributed by atoms with Crippen molar-refractivity contribution in [2.24, 2.45) is 0 Å². The molecule has 166 valence electrons. The lowest BCUT2D eigenvalue weighted by molar-refractivity contribution is -0.137. The SMILES string of the molecule is CNC(=O)c1cccc(N2C(=S)N(c3ccc(C#N)c(C(F)(F)F)c3)C(=O)C2(C)C)c1F. The van der Waals surface area contributed by atoms with Gasteiger partial charge in [0.1, 0.15) is 5.54 Å². The van der Waals surface area contributed by atoms with Crippen molar-refractivity contribution in [3.05, 3.63) is 58.9 Å². The van der Waals surface area contributed by atoms with Crippen LogP contribution in [0.25, 0.3) is 0 Å². The highest BCUT2D eigenvalue weighted by Crippen LogP contribution is 2.40. The van der Waals surface area contributed by atoms with Crippen molar-refractivity contribution in [2.45, 2.75) is 25.6 Å². The fourth-order valence-corrected chi connectivity index (χ4v) is 3.95. The van der Waals surface area contributed by atoms with Gasteiger partial charge in [-0.3, -0.25) is 14.5 Å². The quantitative estimate of drug-likeness (QED) is 0.549. The van der Waals surface area contributed by atoms with Crippen LogP contribution in [-0.4, -0.2) is 29.5 Å². The molecule has 0 saturated carbocycles. The van der Waals surface area contributed by atoms with Crippen LogP contribution in [0.15, 0.2) is 36.4 Å². The number of thiocarbonyl (C=S) groups is 1. The van der Waals surface area contributed by atoms with Gasteiger partial charge in [0.05, 0.1) is 34.1 Å². The average Bonchev–Trinajstić information content (AvgIpc) is 2.91. The van der Waals surface area contributed by atoms with Gasteiger partial charge in [0, 0.05) is 7.05 Å². The number of carbonyl (C=O) groups excluding carboxylic acids is 2. The summed E-state index contributed by atoms with van der Waals surface area (Å²) in [5, 5.41) is 11.0. The molecule has 32 heavy (non-hydrogen) atoms. The normalized spacial score (nSPS) is 15.7. The Morgan fingerprint density at radius 3 is 2.44 bits per heavy atom. The van der Waals surface area contributed by atoms with Crippen molar-refractivity contribution in [2.75, 3.05) is 16.8 Å². The van der Waals surface area contributed by atoms with E-state index in [1.165, 1.54) is 45.2 Å². The van der Waals surface area contributed by atoms with Gasteiger partial charge >= 0.3 is 6.18 Å². The number of carbonyl (C=O) groups is 2. The first-order chi connectivity index (χ1) is 14.9. The van der Waals surface area contributed by atoms with E-state index in [4.69, 9.17) is 17.5 Å². The molecule has 0 atom stereocenters. The highest BCUT2D eigenvalue weighted by atomic mass is 32.1. The number of halogens is 4. The van der Waals surface area contributed by atoms with Crippen LogP contribution >= 0.6 is 12.2 Å². The fourth-order valence-electron chi connectivity index (χ4n) is 3.43. The van der Waals surface area contributed by atoms with Crippen molar-refractivity contribution < 1.29 is 27.2 Å². The molecule has 0 aromatic heterocycles. The largest absolute Gasteiger partial charge is 0.417 e. The number of rotatable bonds is 3. The van der Waals surface area contributed by atoms with Gasteiger partial charge in [-0.1, -0.05) is 6.07 Å². The summed E-state index contributed by atoms with van der Waals surface area (Å²) in [7, 11) is 1.33. The predicted molar refractivity (Wildman–Crippen MR) is 113 cm³/mol. The number of nitriles is 1. The Labute approximate surface area is 186 Å². The summed E-state index contributed by atoms with van der Waals surface area (Å²) in [5.74, 6) is -2.34. The van der Waals surface area contributed by atoms with Gasteiger partial charge in [-0.2, -0.15) is 18.4 Å². The minimum absolute atomic E-state index is 0.179. The van der Waals surface area contributed by atoms with E-state index in [-0.39, 0.29) is 22.1 Å². The van der Waals surface area contributed by atoms with Gasteiger partial charge in [-0.25, -0.2) is 4.39 Å². The Balaban J connectivity index is 2.16. The van der Waals surface area contributed by atoms with Crippen LogP contribution in [0.3, 0.4) is 0 Å². The number of hydrogen-bond acceptors (Lipinski definition) is 4. The van der Waals surface area contributed by atoms with Gasteiger partial charge in [-0.15, -0.1) is 0 Å². The number of hydrogen-bond donors (Lipinski definition) is 1. The second kappa shape index (κ2) is 7.87. The molecule has 1 saturated heterocycles. The summed E-state index contributed by atoms with van der Waals surface area (Å²) in [6, 6.07) is 8.19. The van der Waals surface area contributed by atoms with Gasteiger partial charge in [0.25, 0.3) is 11.8 Å². The zero-order chi connectivity index (χ0) is 24.0. The highest BCUT2D eigenvalue weighted by molar-refractivity contribution is 7.81. The first-order valence-electron chi connectivity index (χ1n) is 9.17. The van der Waals surface area contributed by atoms with E-state index in [9.17, 15) is 22.8 Å². The third-order valence-corrected chi connectivity index (χ3v) is 5.41. The summed E-state index contributed by atoms with van der Waals surface area (Å²) in [4.78, 5) is 27.2. The Morgan fingerprint density at radius 2 is 1.88 bits per heavy atom. The Morgan fingerprint density at radius 1 is 1.22 bits per heavy atom. The smallest absolute Gasteiger partial charge is 0.355 e. The molecule has 1 N–H and O–H groups in total. The van der Waals surface area contributed by atoms with E-state index in [1.54, 1.807) is 0 Å². The molecular weight excluding hydrogens is 448 g/mol. The maximum absolute atomic E-state index is 15.2. The second-order valence-electron chi connectivity index (χ2n) is 7.37. The third-order valence-electron chi connectivity index (χ3n) is 5.05. The molecule has 1 aliphatic rings. The number of anilines is 2. The summed E-state index contributed by atoms with van der Waals surface area (Å²) in [5.41, 5.74) is -4.00. The Hall–Kier alpha value is -3.52. The molecule has 1 fully saturated rings. The van der Waals surface area contributed by atoms with Gasteiger partial charge < -0.3 is 10.2 Å². The van der Waals surface area contributed by atoms with Crippen molar-refractivity contribution in [3.8, 4) is 6.07 Å². The molecule has 6 nitrogen and oxygen atoms in total. The van der Waals surface area contributed by atoms with Crippen molar-refractivity contribution in [1.82, 2.24) is 5.32 Å². The first-order valence-corrected chi connectivity index (χ1v) is 9.57. The molecule has 0 radical (unpaired) electrons. The summed E-state index contributed by atoms with van der Waals surface area (Å²) >= 11 is 5.36. The second-order valence-corrected chi connectivity index (χ2v) is 7.74. The van der Waals surface area contributed by atoms with Crippen LogP contribution in [0, 0.1) is 17.1 Å². The van der Waals surface area contributed by atoms with Crippen LogP contribution in [0.1, 0.15) is 35.3 Å². The molecule has 0 spiro atoms. The summed E-state index contributed by atoms with van der Waals surface area (Å²) < 4.78 is 55.4. The van der Waals surface area contributed by atoms with E-state index >= 15 is 4.39 Å². The minimum Gasteiger partial charge on any atom is -0.355 e. The van der Waals surface area contributed by atoms with Crippen LogP contribution in [0.4, 0.5) is 28.9 Å². The van der Waals surface area contributed by atoms with Crippen LogP contribution in [0.5, 0.6) is 0 Å². The molecule has 0 unspecified atom stereocenters. The van der Waals surface area contributed by atoms with Gasteiger partial charge in [0.2, 0.25) is 0 Å². The summed E-state index contributed by atoms with van der Waals surface area (Å²) in [6.45, 7) is 2.86. The van der Waals surface area contributed by atoms with Gasteiger partial charge in [0.15, 0.2) is 10.9 Å². The number of nitrogens with one attached hydrogen (secondary N) is 1. The van der Waals surface area contributed by atoms with Crippen LogP contribution < -0.4 is 15.1 Å². The molecule has 3 rings (SSSR count). The number of benzene rings is 2. The molecule has 2 aromatic rings. The van der Waals surface area contributed by atoms with Crippen molar-refractivity contribution in [1.29, 1.82) is 5.26 Å². The van der Waals surface area contributed by atoms with E-state index in [1.807, 2.05) is 0 Å². The van der Waals surface area contributed by atoms with E-state index < -0.39 is 40.5 Å². The van der Waals surface area contributed by atoms with E-state index in [0.717, 1.165) is 21.9 Å². The monoisotopic (exact) mass is 464 g/mol. The van der Waals surface area contributed by atoms with Gasteiger partial charge in [-0.05, 0) is 56.4 Å². The van der Waals surface area contributed by atoms with Crippen molar-refractivity contribution in [3.63, 3.8) is 0 Å². The molecule has 2 amide bonds. The number of nitrogens with zero attached hydrogens (tertiary/aromatic N) is 3. The van der Waals surface area contributed by atoms with Crippen molar-refractivity contribution >= 4 is 40.5 Å². The molecule has 11 heteroatoms. The molecule has 1 heterocycles. The standard InChI is InChI=1S/C21H16F4N4O2S/c1-20(2)18(31)28(12-8-7-11(10-26)14(9-12)21(23,24)25)19(32)29(20)15-6-4-5-13(16(15)22)17(30)27-3/h4-9H,1-3H3,(H,27,30). The highest BCUT2D eigenvalue weighted by Gasteiger charge is 2.51. The number of alkyl halides is 3. The lowest BCUT2D eigenvalue weighted by atomic mass is 10.0. The molecule has 0 bridgehead atoms. The zero-order valence-electron chi connectivity index (χ0n) is 17.0. The predicted octanol–water partition coefficient (Wildman–Crippen LogP) is 3.99. The molecule has 2 aromatic carbocycles. The fraction of sp³-hybridized carbons (Fsp3) is 0.238. The molecule has 0 aliphatic carbocycles. The molecular formula is C21H16F4N4O2S.